The molecule has 108 valence electrons. The molecule has 2 atom stereocenters. The molecule has 1 aromatic rings. The van der Waals surface area contributed by atoms with Crippen molar-refractivity contribution in [3.8, 4) is 0 Å². The number of aliphatic hydroxyl groups is 1. The monoisotopic (exact) mass is 266 g/mol. The molecule has 1 rings (SSSR count). The fourth-order valence-corrected chi connectivity index (χ4v) is 2.02. The molecular formula is C16H26O3. The van der Waals surface area contributed by atoms with E-state index in [-0.39, 0.29) is 19.0 Å². The van der Waals surface area contributed by atoms with Crippen molar-refractivity contribution in [1.29, 1.82) is 0 Å². The van der Waals surface area contributed by atoms with Gasteiger partial charge in [-0.1, -0.05) is 57.0 Å². The van der Waals surface area contributed by atoms with Crippen molar-refractivity contribution in [2.75, 3.05) is 6.79 Å². The lowest BCUT2D eigenvalue weighted by atomic mass is 10.0. The van der Waals surface area contributed by atoms with Gasteiger partial charge in [-0.3, -0.25) is 0 Å². The van der Waals surface area contributed by atoms with Crippen LogP contribution in [-0.4, -0.2) is 24.1 Å². The van der Waals surface area contributed by atoms with Crippen molar-refractivity contribution in [2.45, 2.75) is 58.3 Å². The van der Waals surface area contributed by atoms with Gasteiger partial charge in [0.05, 0.1) is 18.8 Å². The lowest BCUT2D eigenvalue weighted by Crippen LogP contribution is -2.29. The van der Waals surface area contributed by atoms with Crippen molar-refractivity contribution < 1.29 is 14.6 Å². The third-order valence-electron chi connectivity index (χ3n) is 3.06. The maximum Gasteiger partial charge on any atom is 0.147 e. The normalized spacial score (nSPS) is 14.3. The summed E-state index contributed by atoms with van der Waals surface area (Å²) in [5.41, 5.74) is 1.13. The number of ether oxygens (including phenoxy) is 2. The lowest BCUT2D eigenvalue weighted by molar-refractivity contribution is -0.132. The molecule has 3 nitrogen and oxygen atoms in total. The molecule has 3 heteroatoms. The maximum atomic E-state index is 9.98. The van der Waals surface area contributed by atoms with Crippen molar-refractivity contribution >= 4 is 0 Å². The van der Waals surface area contributed by atoms with E-state index < -0.39 is 0 Å². The summed E-state index contributed by atoms with van der Waals surface area (Å²) in [6.45, 7) is 4.95. The standard InChI is InChI=1S/C16H26O3/c1-3-8-15(17)16(9-4-2)19-13-18-12-14-10-6-5-7-11-14/h5-7,10-11,15-17H,3-4,8-9,12-13H2,1-2H3/t15-,16-/m1/s1. The van der Waals surface area contributed by atoms with Crippen molar-refractivity contribution in [3.05, 3.63) is 35.9 Å². The highest BCUT2D eigenvalue weighted by molar-refractivity contribution is 5.13. The summed E-state index contributed by atoms with van der Waals surface area (Å²) in [5.74, 6) is 0. The van der Waals surface area contributed by atoms with Crippen LogP contribution in [-0.2, 0) is 16.1 Å². The second-order valence-electron chi connectivity index (χ2n) is 4.80. The molecule has 0 spiro atoms. The summed E-state index contributed by atoms with van der Waals surface area (Å²) < 4.78 is 11.1. The van der Waals surface area contributed by atoms with Crippen molar-refractivity contribution in [3.63, 3.8) is 0 Å². The highest BCUT2D eigenvalue weighted by Gasteiger charge is 2.18. The van der Waals surface area contributed by atoms with Crippen LogP contribution in [0.4, 0.5) is 0 Å². The highest BCUT2D eigenvalue weighted by Crippen LogP contribution is 2.12. The van der Waals surface area contributed by atoms with E-state index in [1.54, 1.807) is 0 Å². The summed E-state index contributed by atoms with van der Waals surface area (Å²) in [6, 6.07) is 10.0. The molecular weight excluding hydrogens is 240 g/mol. The molecule has 1 N–H and O–H groups in total. The quantitative estimate of drug-likeness (QED) is 0.520. The Bertz CT molecular complexity index is 313. The molecule has 0 bridgehead atoms. The van der Waals surface area contributed by atoms with Crippen LogP contribution in [0, 0.1) is 0 Å². The molecule has 0 aliphatic rings. The average Bonchev–Trinajstić information content (AvgIpc) is 2.43. The third-order valence-corrected chi connectivity index (χ3v) is 3.06. The molecule has 0 aliphatic carbocycles. The van der Waals surface area contributed by atoms with Crippen LogP contribution in [0.2, 0.25) is 0 Å². The van der Waals surface area contributed by atoms with Gasteiger partial charge in [0.2, 0.25) is 0 Å². The van der Waals surface area contributed by atoms with Gasteiger partial charge in [-0.2, -0.15) is 0 Å². The van der Waals surface area contributed by atoms with E-state index in [9.17, 15) is 5.11 Å². The first-order valence-electron chi connectivity index (χ1n) is 7.19. The Hall–Kier alpha value is -0.900. The van der Waals surface area contributed by atoms with E-state index in [4.69, 9.17) is 9.47 Å². The second-order valence-corrected chi connectivity index (χ2v) is 4.80. The average molecular weight is 266 g/mol. The van der Waals surface area contributed by atoms with Gasteiger partial charge in [-0.05, 0) is 18.4 Å². The van der Waals surface area contributed by atoms with E-state index in [1.165, 1.54) is 0 Å². The molecule has 0 aliphatic heterocycles. The number of hydrogen-bond acceptors (Lipinski definition) is 3. The predicted molar refractivity (Wildman–Crippen MR) is 76.8 cm³/mol. The Morgan fingerprint density at radius 3 is 2.37 bits per heavy atom. The van der Waals surface area contributed by atoms with Crippen LogP contribution in [0.15, 0.2) is 30.3 Å². The lowest BCUT2D eigenvalue weighted by Gasteiger charge is -2.22. The molecule has 0 amide bonds. The fourth-order valence-electron chi connectivity index (χ4n) is 2.02. The van der Waals surface area contributed by atoms with Gasteiger partial charge < -0.3 is 14.6 Å². The molecule has 1 aromatic carbocycles. The van der Waals surface area contributed by atoms with Gasteiger partial charge in [0, 0.05) is 0 Å². The second kappa shape index (κ2) is 9.96. The zero-order valence-electron chi connectivity index (χ0n) is 12.0. The topological polar surface area (TPSA) is 38.7 Å². The Morgan fingerprint density at radius 2 is 1.74 bits per heavy atom. The Morgan fingerprint density at radius 1 is 1.05 bits per heavy atom. The molecule has 19 heavy (non-hydrogen) atoms. The number of hydrogen-bond donors (Lipinski definition) is 1. The van der Waals surface area contributed by atoms with Crippen LogP contribution in [0.1, 0.15) is 45.1 Å². The van der Waals surface area contributed by atoms with Gasteiger partial charge in [-0.15, -0.1) is 0 Å². The Balaban J connectivity index is 2.24. The summed E-state index contributed by atoms with van der Waals surface area (Å²) in [5, 5.41) is 9.98. The van der Waals surface area contributed by atoms with Gasteiger partial charge in [0.25, 0.3) is 0 Å². The van der Waals surface area contributed by atoms with E-state index in [1.807, 2.05) is 30.3 Å². The van der Waals surface area contributed by atoms with Crippen molar-refractivity contribution in [2.24, 2.45) is 0 Å². The maximum absolute atomic E-state index is 9.98. The Labute approximate surface area is 116 Å². The largest absolute Gasteiger partial charge is 0.390 e. The molecule has 0 fully saturated rings. The van der Waals surface area contributed by atoms with Crippen LogP contribution in [0.3, 0.4) is 0 Å². The van der Waals surface area contributed by atoms with E-state index >= 15 is 0 Å². The fraction of sp³-hybridized carbons (Fsp3) is 0.625. The van der Waals surface area contributed by atoms with Gasteiger partial charge >= 0.3 is 0 Å². The van der Waals surface area contributed by atoms with Crippen LogP contribution >= 0.6 is 0 Å². The molecule has 0 saturated carbocycles. The van der Waals surface area contributed by atoms with Gasteiger partial charge in [0.15, 0.2) is 0 Å². The minimum absolute atomic E-state index is 0.110. The molecule has 0 heterocycles. The van der Waals surface area contributed by atoms with Gasteiger partial charge in [-0.25, -0.2) is 0 Å². The van der Waals surface area contributed by atoms with E-state index in [0.717, 1.165) is 31.2 Å². The van der Waals surface area contributed by atoms with Crippen LogP contribution in [0.5, 0.6) is 0 Å². The first kappa shape index (κ1) is 16.2. The Kier molecular flexibility index (Phi) is 8.47. The SMILES string of the molecule is CCC[C@@H](O)[C@@H](CCC)OCOCc1ccccc1. The minimum atomic E-state index is -0.384. The molecule has 0 aromatic heterocycles. The van der Waals surface area contributed by atoms with E-state index in [2.05, 4.69) is 13.8 Å². The predicted octanol–water partition coefficient (Wildman–Crippen LogP) is 3.51. The number of aliphatic hydroxyl groups excluding tert-OH is 1. The van der Waals surface area contributed by atoms with Crippen molar-refractivity contribution in [1.82, 2.24) is 0 Å². The zero-order chi connectivity index (χ0) is 13.9. The summed E-state index contributed by atoms with van der Waals surface area (Å²) in [6.07, 6.45) is 3.13. The first-order valence-corrected chi connectivity index (χ1v) is 7.19. The van der Waals surface area contributed by atoms with Crippen LogP contribution < -0.4 is 0 Å². The molecule has 0 unspecified atom stereocenters. The smallest absolute Gasteiger partial charge is 0.147 e. The molecule has 0 radical (unpaired) electrons. The zero-order valence-corrected chi connectivity index (χ0v) is 12.0. The summed E-state index contributed by atoms with van der Waals surface area (Å²) in [4.78, 5) is 0. The summed E-state index contributed by atoms with van der Waals surface area (Å²) >= 11 is 0. The minimum Gasteiger partial charge on any atom is -0.390 e. The highest BCUT2D eigenvalue weighted by atomic mass is 16.7. The third kappa shape index (κ3) is 6.71. The summed E-state index contributed by atoms with van der Waals surface area (Å²) in [7, 11) is 0. The first-order chi connectivity index (χ1) is 9.27. The van der Waals surface area contributed by atoms with E-state index in [0.29, 0.717) is 6.61 Å². The number of benzene rings is 1. The molecule has 0 saturated heterocycles. The van der Waals surface area contributed by atoms with Gasteiger partial charge in [0.1, 0.15) is 6.79 Å². The van der Waals surface area contributed by atoms with Crippen LogP contribution in [0.25, 0.3) is 0 Å². The number of rotatable bonds is 10.